The quantitative estimate of drug-likeness (QED) is 0.891. The number of carbonyl (C=O) groups excluding carboxylic acids is 1. The maximum Gasteiger partial charge on any atom is 0.320 e. The molecule has 2 N–H and O–H groups in total. The number of rotatable bonds is 2. The standard InChI is InChI=1S/C18H18N2O2/c21-16-18(10-14-8-4-5-9-15(14)11-18)19-17(22)20(16)12-13-6-2-1-3-7-13/h1-9,16,21H,10-12H2,(H,19,22). The average Bonchev–Trinajstić information content (AvgIpc) is 3.01. The molecule has 22 heavy (non-hydrogen) atoms. The normalized spacial score (nSPS) is 22.0. The molecule has 1 atom stereocenters. The van der Waals surface area contributed by atoms with Gasteiger partial charge in [0.25, 0.3) is 0 Å². The minimum atomic E-state index is -0.812. The monoisotopic (exact) mass is 294 g/mol. The highest BCUT2D eigenvalue weighted by molar-refractivity contribution is 5.79. The molecule has 2 aromatic rings. The lowest BCUT2D eigenvalue weighted by molar-refractivity contribution is 0.00134. The van der Waals surface area contributed by atoms with Crippen LogP contribution in [-0.2, 0) is 19.4 Å². The van der Waals surface area contributed by atoms with Crippen LogP contribution in [0.2, 0.25) is 0 Å². The largest absolute Gasteiger partial charge is 0.371 e. The van der Waals surface area contributed by atoms with E-state index in [1.165, 1.54) is 16.0 Å². The SMILES string of the molecule is O=C1NC2(Cc3ccccc3C2)C(O)N1Cc1ccccc1. The maximum atomic E-state index is 12.4. The van der Waals surface area contributed by atoms with Gasteiger partial charge in [0.1, 0.15) is 0 Å². The molecule has 4 nitrogen and oxygen atoms in total. The summed E-state index contributed by atoms with van der Waals surface area (Å²) in [6, 6.07) is 17.7. The van der Waals surface area contributed by atoms with Gasteiger partial charge in [-0.05, 0) is 16.7 Å². The summed E-state index contributed by atoms with van der Waals surface area (Å²) < 4.78 is 0. The van der Waals surface area contributed by atoms with Crippen molar-refractivity contribution >= 4 is 6.03 Å². The minimum Gasteiger partial charge on any atom is -0.371 e. The first-order valence-corrected chi connectivity index (χ1v) is 7.55. The molecule has 0 aromatic heterocycles. The van der Waals surface area contributed by atoms with Crippen LogP contribution in [0.25, 0.3) is 0 Å². The van der Waals surface area contributed by atoms with Gasteiger partial charge in [0.05, 0.1) is 12.1 Å². The van der Waals surface area contributed by atoms with Gasteiger partial charge in [-0.25, -0.2) is 4.79 Å². The molecule has 1 unspecified atom stereocenters. The molecule has 1 fully saturated rings. The highest BCUT2D eigenvalue weighted by Crippen LogP contribution is 2.37. The first-order valence-electron chi connectivity index (χ1n) is 7.55. The molecule has 1 heterocycles. The van der Waals surface area contributed by atoms with Crippen molar-refractivity contribution in [2.75, 3.05) is 0 Å². The number of amides is 2. The Bertz CT molecular complexity index is 689. The molecule has 2 aliphatic rings. The van der Waals surface area contributed by atoms with Crippen LogP contribution in [0.15, 0.2) is 54.6 Å². The van der Waals surface area contributed by atoms with Crippen LogP contribution in [-0.4, -0.2) is 27.8 Å². The molecule has 2 aromatic carbocycles. The Morgan fingerprint density at radius 3 is 2.27 bits per heavy atom. The van der Waals surface area contributed by atoms with Gasteiger partial charge in [-0.3, -0.25) is 4.90 Å². The Kier molecular flexibility index (Phi) is 2.94. The number of fused-ring (bicyclic) bond motifs is 1. The van der Waals surface area contributed by atoms with E-state index in [1.54, 1.807) is 0 Å². The number of nitrogens with zero attached hydrogens (tertiary/aromatic N) is 1. The summed E-state index contributed by atoms with van der Waals surface area (Å²) in [6.45, 7) is 0.423. The molecule has 1 aliphatic heterocycles. The Morgan fingerprint density at radius 1 is 1.05 bits per heavy atom. The van der Waals surface area contributed by atoms with Crippen LogP contribution in [0.4, 0.5) is 4.79 Å². The number of hydrogen-bond donors (Lipinski definition) is 2. The van der Waals surface area contributed by atoms with Crippen molar-refractivity contribution in [3.05, 3.63) is 71.3 Å². The van der Waals surface area contributed by atoms with Crippen LogP contribution in [0, 0.1) is 0 Å². The van der Waals surface area contributed by atoms with Gasteiger partial charge in [0.15, 0.2) is 6.23 Å². The highest BCUT2D eigenvalue weighted by Gasteiger charge is 2.53. The first kappa shape index (κ1) is 13.3. The summed E-state index contributed by atoms with van der Waals surface area (Å²) in [5, 5.41) is 13.8. The van der Waals surface area contributed by atoms with Gasteiger partial charge in [0.2, 0.25) is 0 Å². The van der Waals surface area contributed by atoms with E-state index in [0.717, 1.165) is 5.56 Å². The van der Waals surface area contributed by atoms with Crippen LogP contribution < -0.4 is 5.32 Å². The number of carbonyl (C=O) groups is 1. The fourth-order valence-electron chi connectivity index (χ4n) is 3.61. The second-order valence-electron chi connectivity index (χ2n) is 6.20. The van der Waals surface area contributed by atoms with Gasteiger partial charge in [-0.1, -0.05) is 54.6 Å². The summed E-state index contributed by atoms with van der Waals surface area (Å²) in [4.78, 5) is 13.9. The maximum absolute atomic E-state index is 12.4. The van der Waals surface area contributed by atoms with Gasteiger partial charge in [0, 0.05) is 12.8 Å². The highest BCUT2D eigenvalue weighted by atomic mass is 16.3. The molecule has 112 valence electrons. The van der Waals surface area contributed by atoms with E-state index in [0.29, 0.717) is 19.4 Å². The lowest BCUT2D eigenvalue weighted by Crippen LogP contribution is -2.50. The first-order chi connectivity index (χ1) is 10.7. The molecule has 4 heteroatoms. The molecular weight excluding hydrogens is 276 g/mol. The van der Waals surface area contributed by atoms with E-state index in [9.17, 15) is 9.90 Å². The topological polar surface area (TPSA) is 52.6 Å². The van der Waals surface area contributed by atoms with Gasteiger partial charge in [-0.15, -0.1) is 0 Å². The zero-order valence-corrected chi connectivity index (χ0v) is 12.2. The molecule has 1 saturated heterocycles. The van der Waals surface area contributed by atoms with Crippen LogP contribution in [0.1, 0.15) is 16.7 Å². The third-order valence-electron chi connectivity index (χ3n) is 4.73. The molecule has 1 aliphatic carbocycles. The summed E-state index contributed by atoms with van der Waals surface area (Å²) in [5.74, 6) is 0. The summed E-state index contributed by atoms with van der Waals surface area (Å²) >= 11 is 0. The molecule has 1 spiro atoms. The van der Waals surface area contributed by atoms with Crippen LogP contribution in [0.5, 0.6) is 0 Å². The Balaban J connectivity index is 1.60. The van der Waals surface area contributed by atoms with Gasteiger partial charge < -0.3 is 10.4 Å². The van der Waals surface area contributed by atoms with Crippen LogP contribution >= 0.6 is 0 Å². The molecule has 4 rings (SSSR count). The fraction of sp³-hybridized carbons (Fsp3) is 0.278. The van der Waals surface area contributed by atoms with Gasteiger partial charge >= 0.3 is 6.03 Å². The fourth-order valence-corrected chi connectivity index (χ4v) is 3.61. The number of benzene rings is 2. The van der Waals surface area contributed by atoms with Crippen molar-refractivity contribution in [3.63, 3.8) is 0 Å². The Hall–Kier alpha value is -2.33. The summed E-state index contributed by atoms with van der Waals surface area (Å²) in [5.41, 5.74) is 2.85. The third-order valence-corrected chi connectivity index (χ3v) is 4.73. The lowest BCUT2D eigenvalue weighted by atomic mass is 9.94. The van der Waals surface area contributed by atoms with Crippen molar-refractivity contribution in [3.8, 4) is 0 Å². The van der Waals surface area contributed by atoms with Crippen molar-refractivity contribution in [1.29, 1.82) is 0 Å². The van der Waals surface area contributed by atoms with Crippen molar-refractivity contribution < 1.29 is 9.90 Å². The number of aliphatic hydroxyl groups excluding tert-OH is 1. The van der Waals surface area contributed by atoms with Gasteiger partial charge in [-0.2, -0.15) is 0 Å². The number of nitrogens with one attached hydrogen (secondary N) is 1. The van der Waals surface area contributed by atoms with Crippen molar-refractivity contribution in [2.45, 2.75) is 31.2 Å². The minimum absolute atomic E-state index is 0.191. The number of urea groups is 1. The van der Waals surface area contributed by atoms with Crippen molar-refractivity contribution in [1.82, 2.24) is 10.2 Å². The third kappa shape index (κ3) is 1.99. The zero-order valence-electron chi connectivity index (χ0n) is 12.2. The lowest BCUT2D eigenvalue weighted by Gasteiger charge is -2.29. The van der Waals surface area contributed by atoms with Crippen molar-refractivity contribution in [2.24, 2.45) is 0 Å². The second-order valence-corrected chi connectivity index (χ2v) is 6.20. The molecule has 0 bridgehead atoms. The van der Waals surface area contributed by atoms with Crippen LogP contribution in [0.3, 0.4) is 0 Å². The van der Waals surface area contributed by atoms with E-state index in [2.05, 4.69) is 17.4 Å². The molecule has 0 radical (unpaired) electrons. The number of aliphatic hydroxyl groups is 1. The van der Waals surface area contributed by atoms with E-state index in [4.69, 9.17) is 0 Å². The summed E-state index contributed by atoms with van der Waals surface area (Å²) in [6.07, 6.45) is 0.551. The predicted molar refractivity (Wildman–Crippen MR) is 83.1 cm³/mol. The Morgan fingerprint density at radius 2 is 1.64 bits per heavy atom. The smallest absolute Gasteiger partial charge is 0.320 e. The summed E-state index contributed by atoms with van der Waals surface area (Å²) in [7, 11) is 0. The number of hydrogen-bond acceptors (Lipinski definition) is 2. The second kappa shape index (κ2) is 4.85. The molecular formula is C18H18N2O2. The van der Waals surface area contributed by atoms with E-state index < -0.39 is 11.8 Å². The Labute approximate surface area is 129 Å². The van der Waals surface area contributed by atoms with E-state index in [-0.39, 0.29) is 6.03 Å². The average molecular weight is 294 g/mol. The van der Waals surface area contributed by atoms with E-state index in [1.807, 2.05) is 42.5 Å². The molecule has 2 amide bonds. The molecule has 0 saturated carbocycles. The predicted octanol–water partition coefficient (Wildman–Crippen LogP) is 2.07. The van der Waals surface area contributed by atoms with E-state index >= 15 is 0 Å². The zero-order chi connectivity index (χ0) is 15.2.